The van der Waals surface area contributed by atoms with Crippen molar-refractivity contribution in [3.8, 4) is 0 Å². The summed E-state index contributed by atoms with van der Waals surface area (Å²) in [5.74, 6) is 0.720. The summed E-state index contributed by atoms with van der Waals surface area (Å²) in [7, 11) is 0. The summed E-state index contributed by atoms with van der Waals surface area (Å²) in [4.78, 5) is 33.5. The molecule has 1 atom stereocenters. The molecule has 2 aliphatic carbocycles. The van der Waals surface area contributed by atoms with E-state index in [-0.39, 0.29) is 23.8 Å². The summed E-state index contributed by atoms with van der Waals surface area (Å²) in [6, 6.07) is -0.0220. The molecule has 2 amide bonds. The first-order chi connectivity index (χ1) is 13.1. The fourth-order valence-corrected chi connectivity index (χ4v) is 5.90. The molecule has 0 spiro atoms. The lowest BCUT2D eigenvalue weighted by Gasteiger charge is -2.33. The van der Waals surface area contributed by atoms with Gasteiger partial charge < -0.3 is 10.2 Å². The molecular formula is C21H31N3O2S. The van der Waals surface area contributed by atoms with E-state index < -0.39 is 0 Å². The molecule has 4 rings (SSSR count). The number of likely N-dealkylation sites (tertiary alicyclic amines) is 1. The third kappa shape index (κ3) is 4.20. The van der Waals surface area contributed by atoms with Crippen molar-refractivity contribution in [2.45, 2.75) is 77.2 Å². The average Bonchev–Trinajstić information content (AvgIpc) is 3.37. The van der Waals surface area contributed by atoms with Gasteiger partial charge in [-0.05, 0) is 58.3 Å². The molecule has 0 radical (unpaired) electrons. The second kappa shape index (κ2) is 8.29. The maximum atomic E-state index is 12.7. The number of nitrogens with zero attached hydrogens (tertiary/aromatic N) is 2. The summed E-state index contributed by atoms with van der Waals surface area (Å²) in [5, 5.41) is 4.23. The highest BCUT2D eigenvalue weighted by molar-refractivity contribution is 7.11. The highest BCUT2D eigenvalue weighted by Gasteiger charge is 2.32. The quantitative estimate of drug-likeness (QED) is 0.855. The molecule has 1 aliphatic heterocycles. The van der Waals surface area contributed by atoms with Crippen LogP contribution in [0, 0.1) is 11.8 Å². The molecule has 1 N–H and O–H groups in total. The van der Waals surface area contributed by atoms with Gasteiger partial charge in [0.2, 0.25) is 11.8 Å². The number of aromatic nitrogens is 1. The van der Waals surface area contributed by atoms with Crippen molar-refractivity contribution in [2.24, 2.45) is 11.8 Å². The molecule has 2 heterocycles. The maximum absolute atomic E-state index is 12.7. The van der Waals surface area contributed by atoms with E-state index in [0.717, 1.165) is 56.6 Å². The third-order valence-electron chi connectivity index (χ3n) is 6.47. The smallest absolute Gasteiger partial charge is 0.225 e. The number of hydrogen-bond acceptors (Lipinski definition) is 4. The van der Waals surface area contributed by atoms with Gasteiger partial charge in [0, 0.05) is 29.8 Å². The molecule has 0 bridgehead atoms. The minimum absolute atomic E-state index is 0.0220. The van der Waals surface area contributed by atoms with Gasteiger partial charge >= 0.3 is 0 Å². The van der Waals surface area contributed by atoms with E-state index >= 15 is 0 Å². The van der Waals surface area contributed by atoms with Gasteiger partial charge in [0.25, 0.3) is 0 Å². The van der Waals surface area contributed by atoms with Crippen LogP contribution in [0.4, 0.5) is 0 Å². The number of piperidine rings is 1. The van der Waals surface area contributed by atoms with Crippen molar-refractivity contribution in [1.82, 2.24) is 15.2 Å². The van der Waals surface area contributed by atoms with E-state index in [1.807, 2.05) is 11.8 Å². The number of fused-ring (bicyclic) bond motifs is 1. The number of aryl methyl sites for hydroxylation is 2. The van der Waals surface area contributed by atoms with E-state index in [1.165, 1.54) is 36.3 Å². The Morgan fingerprint density at radius 3 is 2.44 bits per heavy atom. The van der Waals surface area contributed by atoms with Crippen LogP contribution in [-0.2, 0) is 22.4 Å². The number of hydrogen-bond donors (Lipinski definition) is 1. The van der Waals surface area contributed by atoms with Crippen LogP contribution in [0.3, 0.4) is 0 Å². The highest BCUT2D eigenvalue weighted by Crippen LogP contribution is 2.31. The Morgan fingerprint density at radius 2 is 1.74 bits per heavy atom. The van der Waals surface area contributed by atoms with Crippen LogP contribution in [0.15, 0.2) is 0 Å². The van der Waals surface area contributed by atoms with Crippen molar-refractivity contribution < 1.29 is 9.59 Å². The fraction of sp³-hybridized carbons (Fsp3) is 0.762. The van der Waals surface area contributed by atoms with Crippen LogP contribution in [-0.4, -0.2) is 34.8 Å². The topological polar surface area (TPSA) is 62.3 Å². The Morgan fingerprint density at radius 1 is 1.04 bits per heavy atom. The summed E-state index contributed by atoms with van der Waals surface area (Å²) in [6.45, 7) is 3.50. The maximum Gasteiger partial charge on any atom is 0.225 e. The SMILES string of the molecule is CC(NC(=O)C1CCN(C(=O)C2CCCC2)CC1)c1nc2c(s1)CCCC2. The molecule has 1 saturated heterocycles. The minimum Gasteiger partial charge on any atom is -0.347 e. The fourth-order valence-electron chi connectivity index (χ4n) is 4.74. The molecule has 148 valence electrons. The van der Waals surface area contributed by atoms with Crippen LogP contribution in [0.1, 0.15) is 79.9 Å². The number of carbonyl (C=O) groups is 2. The van der Waals surface area contributed by atoms with Crippen molar-refractivity contribution in [3.63, 3.8) is 0 Å². The number of nitrogens with one attached hydrogen (secondary N) is 1. The molecule has 0 aromatic carbocycles. The van der Waals surface area contributed by atoms with Gasteiger partial charge in [-0.15, -0.1) is 11.3 Å². The number of carbonyl (C=O) groups excluding carboxylic acids is 2. The Kier molecular flexibility index (Phi) is 5.81. The van der Waals surface area contributed by atoms with E-state index in [0.29, 0.717) is 5.91 Å². The molecule has 27 heavy (non-hydrogen) atoms. The van der Waals surface area contributed by atoms with Gasteiger partial charge in [-0.1, -0.05) is 12.8 Å². The molecule has 1 aromatic rings. The Labute approximate surface area is 165 Å². The van der Waals surface area contributed by atoms with E-state index in [9.17, 15) is 9.59 Å². The van der Waals surface area contributed by atoms with Gasteiger partial charge in [0.1, 0.15) is 5.01 Å². The first kappa shape index (κ1) is 18.9. The lowest BCUT2D eigenvalue weighted by molar-refractivity contribution is -0.139. The number of amides is 2. The molecule has 1 aromatic heterocycles. The normalized spacial score (nSPS) is 22.5. The zero-order valence-corrected chi connectivity index (χ0v) is 17.2. The summed E-state index contributed by atoms with van der Waals surface area (Å²) in [5.41, 5.74) is 1.25. The Bertz CT molecular complexity index is 664. The zero-order valence-electron chi connectivity index (χ0n) is 16.3. The molecule has 1 unspecified atom stereocenters. The molecule has 2 fully saturated rings. The van der Waals surface area contributed by atoms with Crippen LogP contribution in [0.25, 0.3) is 0 Å². The van der Waals surface area contributed by atoms with Crippen LogP contribution >= 0.6 is 11.3 Å². The van der Waals surface area contributed by atoms with Crippen LogP contribution in [0.5, 0.6) is 0 Å². The lowest BCUT2D eigenvalue weighted by atomic mass is 9.94. The third-order valence-corrected chi connectivity index (χ3v) is 7.81. The summed E-state index contributed by atoms with van der Waals surface area (Å²) in [6.07, 6.45) is 10.8. The largest absolute Gasteiger partial charge is 0.347 e. The number of rotatable bonds is 4. The molecule has 3 aliphatic rings. The standard InChI is InChI=1S/C21H31N3O2S/c1-14(20-23-17-8-4-5-9-18(17)27-20)22-19(25)15-10-12-24(13-11-15)21(26)16-6-2-3-7-16/h14-16H,2-13H2,1H3,(H,22,25). The predicted molar refractivity (Wildman–Crippen MR) is 107 cm³/mol. The van der Waals surface area contributed by atoms with Gasteiger partial charge in [-0.2, -0.15) is 0 Å². The Hall–Kier alpha value is -1.43. The predicted octanol–water partition coefficient (Wildman–Crippen LogP) is 3.63. The monoisotopic (exact) mass is 389 g/mol. The molecule has 1 saturated carbocycles. The van der Waals surface area contributed by atoms with Crippen LogP contribution < -0.4 is 5.32 Å². The summed E-state index contributed by atoms with van der Waals surface area (Å²) < 4.78 is 0. The van der Waals surface area contributed by atoms with Gasteiger partial charge in [0.15, 0.2) is 0 Å². The van der Waals surface area contributed by atoms with Crippen LogP contribution in [0.2, 0.25) is 0 Å². The molecule has 5 nitrogen and oxygen atoms in total. The van der Waals surface area contributed by atoms with E-state index in [4.69, 9.17) is 4.98 Å². The van der Waals surface area contributed by atoms with E-state index in [1.54, 1.807) is 11.3 Å². The molecular weight excluding hydrogens is 358 g/mol. The minimum atomic E-state index is -0.0220. The van der Waals surface area contributed by atoms with Crippen molar-refractivity contribution in [2.75, 3.05) is 13.1 Å². The second-order valence-corrected chi connectivity index (χ2v) is 9.56. The molecule has 6 heteroatoms. The van der Waals surface area contributed by atoms with E-state index in [2.05, 4.69) is 5.32 Å². The second-order valence-electron chi connectivity index (χ2n) is 8.44. The Balaban J connectivity index is 1.27. The first-order valence-corrected chi connectivity index (χ1v) is 11.5. The summed E-state index contributed by atoms with van der Waals surface area (Å²) >= 11 is 1.77. The van der Waals surface area contributed by atoms with Gasteiger partial charge in [-0.3, -0.25) is 9.59 Å². The lowest BCUT2D eigenvalue weighted by Crippen LogP contribution is -2.45. The first-order valence-electron chi connectivity index (χ1n) is 10.7. The van der Waals surface area contributed by atoms with Crippen molar-refractivity contribution in [3.05, 3.63) is 15.6 Å². The zero-order chi connectivity index (χ0) is 18.8. The van der Waals surface area contributed by atoms with Gasteiger partial charge in [0.05, 0.1) is 11.7 Å². The van der Waals surface area contributed by atoms with Crippen molar-refractivity contribution in [1.29, 1.82) is 0 Å². The van der Waals surface area contributed by atoms with Crippen molar-refractivity contribution >= 4 is 23.2 Å². The van der Waals surface area contributed by atoms with Gasteiger partial charge in [-0.25, -0.2) is 4.98 Å². The average molecular weight is 390 g/mol. The highest BCUT2D eigenvalue weighted by atomic mass is 32.1. The number of thiazole rings is 1.